The lowest BCUT2D eigenvalue weighted by Crippen LogP contribution is -2.24. The van der Waals surface area contributed by atoms with E-state index in [1.54, 1.807) is 6.92 Å². The fraction of sp³-hybridized carbons (Fsp3) is 0.400. The van der Waals surface area contributed by atoms with E-state index < -0.39 is 17.7 Å². The zero-order valence-corrected chi connectivity index (χ0v) is 14.2. The number of halogens is 2. The van der Waals surface area contributed by atoms with Crippen LogP contribution in [0.5, 0.6) is 0 Å². The van der Waals surface area contributed by atoms with Crippen molar-refractivity contribution < 1.29 is 8.78 Å². The van der Waals surface area contributed by atoms with E-state index >= 15 is 0 Å². The molecule has 0 unspecified atom stereocenters. The van der Waals surface area contributed by atoms with Crippen LogP contribution in [-0.2, 0) is 0 Å². The molecule has 1 N–H and O–H groups in total. The molecule has 3 rings (SSSR count). The van der Waals surface area contributed by atoms with Crippen LogP contribution in [0.1, 0.15) is 49.9 Å². The van der Waals surface area contributed by atoms with Crippen molar-refractivity contribution in [3.8, 4) is 0 Å². The molecule has 2 nitrogen and oxygen atoms in total. The summed E-state index contributed by atoms with van der Waals surface area (Å²) in [6.45, 7) is 6.02. The molecule has 1 heterocycles. The Morgan fingerprint density at radius 2 is 1.54 bits per heavy atom. The molecule has 1 aliphatic heterocycles. The maximum absolute atomic E-state index is 13.9. The van der Waals surface area contributed by atoms with Crippen LogP contribution >= 0.6 is 0 Å². The zero-order valence-electron chi connectivity index (χ0n) is 14.2. The van der Waals surface area contributed by atoms with Gasteiger partial charge in [-0.3, -0.25) is 0 Å². The molecule has 0 aliphatic carbocycles. The van der Waals surface area contributed by atoms with Crippen LogP contribution in [0.4, 0.5) is 14.5 Å². The predicted octanol–water partition coefficient (Wildman–Crippen LogP) is 4.98. The number of anilines is 1. The number of nitrogens with zero attached hydrogens (tertiary/aromatic N) is 1. The van der Waals surface area contributed by atoms with Gasteiger partial charge in [-0.25, -0.2) is 8.78 Å². The molecule has 0 aromatic heterocycles. The van der Waals surface area contributed by atoms with E-state index in [2.05, 4.69) is 34.5 Å². The molecule has 0 saturated carbocycles. The Labute approximate surface area is 142 Å². The summed E-state index contributed by atoms with van der Waals surface area (Å²) in [7, 11) is 0. The molecule has 0 amide bonds. The number of rotatable bonds is 5. The fourth-order valence-corrected chi connectivity index (χ4v) is 3.45. The van der Waals surface area contributed by atoms with Gasteiger partial charge in [0.05, 0.1) is 0 Å². The van der Waals surface area contributed by atoms with Crippen molar-refractivity contribution in [2.24, 2.45) is 0 Å². The van der Waals surface area contributed by atoms with Crippen LogP contribution in [-0.4, -0.2) is 13.1 Å². The van der Waals surface area contributed by atoms with Gasteiger partial charge in [-0.05, 0) is 56.5 Å². The first-order valence-corrected chi connectivity index (χ1v) is 8.61. The molecule has 128 valence electrons. The molecule has 1 fully saturated rings. The molecule has 0 spiro atoms. The summed E-state index contributed by atoms with van der Waals surface area (Å²) in [5.74, 6) is -1.01. The number of benzene rings is 2. The monoisotopic (exact) mass is 330 g/mol. The third-order valence-corrected chi connectivity index (χ3v) is 4.77. The maximum Gasteiger partial charge on any atom is 0.130 e. The largest absolute Gasteiger partial charge is 0.372 e. The Hall–Kier alpha value is -1.94. The van der Waals surface area contributed by atoms with E-state index in [0.717, 1.165) is 18.7 Å². The SMILES string of the molecule is C[C@H](N[C@@H](C)c1c(F)cccc1F)c1cccc(N2CCCC2)c1. The predicted molar refractivity (Wildman–Crippen MR) is 94.2 cm³/mol. The second-order valence-corrected chi connectivity index (χ2v) is 6.53. The van der Waals surface area contributed by atoms with Crippen molar-refractivity contribution in [2.75, 3.05) is 18.0 Å². The second kappa shape index (κ2) is 7.31. The Balaban J connectivity index is 1.74. The van der Waals surface area contributed by atoms with Crippen molar-refractivity contribution in [1.29, 1.82) is 0 Å². The molecule has 0 radical (unpaired) electrons. The van der Waals surface area contributed by atoms with Crippen LogP contribution in [0.15, 0.2) is 42.5 Å². The molecule has 2 aromatic rings. The molecule has 0 bridgehead atoms. The van der Waals surface area contributed by atoms with E-state index in [1.165, 1.54) is 36.7 Å². The lowest BCUT2D eigenvalue weighted by Gasteiger charge is -2.24. The van der Waals surface area contributed by atoms with Gasteiger partial charge in [0.1, 0.15) is 11.6 Å². The average molecular weight is 330 g/mol. The molecule has 24 heavy (non-hydrogen) atoms. The van der Waals surface area contributed by atoms with E-state index in [-0.39, 0.29) is 11.6 Å². The lowest BCUT2D eigenvalue weighted by molar-refractivity contribution is 0.450. The minimum absolute atomic E-state index is 0.00144. The topological polar surface area (TPSA) is 15.3 Å². The fourth-order valence-electron chi connectivity index (χ4n) is 3.45. The second-order valence-electron chi connectivity index (χ2n) is 6.53. The van der Waals surface area contributed by atoms with Crippen LogP contribution < -0.4 is 10.2 Å². The Kier molecular flexibility index (Phi) is 5.14. The summed E-state index contributed by atoms with van der Waals surface area (Å²) in [4.78, 5) is 2.39. The molecule has 2 aromatic carbocycles. The highest BCUT2D eigenvalue weighted by atomic mass is 19.1. The standard InChI is InChI=1S/C20H24F2N2/c1-14(23-15(2)20-18(21)9-6-10-19(20)22)16-7-5-8-17(13-16)24-11-3-4-12-24/h5-10,13-15,23H,3-4,11-12H2,1-2H3/t14-,15-/m0/s1. The van der Waals surface area contributed by atoms with Crippen LogP contribution in [0, 0.1) is 11.6 Å². The molecular weight excluding hydrogens is 306 g/mol. The number of hydrogen-bond donors (Lipinski definition) is 1. The minimum atomic E-state index is -0.506. The quantitative estimate of drug-likeness (QED) is 0.832. The van der Waals surface area contributed by atoms with Gasteiger partial charge >= 0.3 is 0 Å². The normalized spacial score (nSPS) is 17.1. The van der Waals surface area contributed by atoms with E-state index in [0.29, 0.717) is 0 Å². The molecule has 1 aliphatic rings. The Morgan fingerprint density at radius 1 is 0.917 bits per heavy atom. The van der Waals surface area contributed by atoms with Gasteiger partial charge in [0.2, 0.25) is 0 Å². The summed E-state index contributed by atoms with van der Waals surface area (Å²) in [5.41, 5.74) is 2.45. The first kappa shape index (κ1) is 16.9. The van der Waals surface area contributed by atoms with E-state index in [9.17, 15) is 8.78 Å². The smallest absolute Gasteiger partial charge is 0.130 e. The highest BCUT2D eigenvalue weighted by molar-refractivity contribution is 5.49. The van der Waals surface area contributed by atoms with Crippen LogP contribution in [0.3, 0.4) is 0 Å². The third-order valence-electron chi connectivity index (χ3n) is 4.77. The summed E-state index contributed by atoms with van der Waals surface area (Å²) >= 11 is 0. The molecule has 2 atom stereocenters. The summed E-state index contributed by atoms with van der Waals surface area (Å²) < 4.78 is 27.9. The summed E-state index contributed by atoms with van der Waals surface area (Å²) in [6.07, 6.45) is 2.48. The summed E-state index contributed by atoms with van der Waals surface area (Å²) in [6, 6.07) is 12.0. The summed E-state index contributed by atoms with van der Waals surface area (Å²) in [5, 5.41) is 3.31. The van der Waals surface area contributed by atoms with Gasteiger partial charge in [0.15, 0.2) is 0 Å². The molecule has 1 saturated heterocycles. The van der Waals surface area contributed by atoms with Gasteiger partial charge in [0, 0.05) is 36.4 Å². The van der Waals surface area contributed by atoms with E-state index in [4.69, 9.17) is 0 Å². The van der Waals surface area contributed by atoms with Crippen LogP contribution in [0.2, 0.25) is 0 Å². The third kappa shape index (κ3) is 3.59. The number of hydrogen-bond acceptors (Lipinski definition) is 2. The highest BCUT2D eigenvalue weighted by Gasteiger charge is 2.19. The lowest BCUT2D eigenvalue weighted by atomic mass is 10.0. The van der Waals surface area contributed by atoms with Gasteiger partial charge in [0.25, 0.3) is 0 Å². The van der Waals surface area contributed by atoms with Crippen molar-refractivity contribution >= 4 is 5.69 Å². The van der Waals surface area contributed by atoms with Crippen molar-refractivity contribution in [2.45, 2.75) is 38.8 Å². The first-order chi connectivity index (χ1) is 11.6. The van der Waals surface area contributed by atoms with Crippen molar-refractivity contribution in [1.82, 2.24) is 5.32 Å². The van der Waals surface area contributed by atoms with Gasteiger partial charge in [-0.2, -0.15) is 0 Å². The Morgan fingerprint density at radius 3 is 2.21 bits per heavy atom. The molecular formula is C20H24F2N2. The Bertz CT molecular complexity index is 676. The zero-order chi connectivity index (χ0) is 17.1. The van der Waals surface area contributed by atoms with E-state index in [1.807, 2.05) is 6.92 Å². The minimum Gasteiger partial charge on any atom is -0.372 e. The van der Waals surface area contributed by atoms with Crippen molar-refractivity contribution in [3.05, 3.63) is 65.2 Å². The first-order valence-electron chi connectivity index (χ1n) is 8.61. The molecule has 4 heteroatoms. The maximum atomic E-state index is 13.9. The van der Waals surface area contributed by atoms with Gasteiger partial charge in [-0.1, -0.05) is 18.2 Å². The highest BCUT2D eigenvalue weighted by Crippen LogP contribution is 2.27. The average Bonchev–Trinajstić information content (AvgIpc) is 3.09. The van der Waals surface area contributed by atoms with Gasteiger partial charge in [-0.15, -0.1) is 0 Å². The van der Waals surface area contributed by atoms with Crippen LogP contribution in [0.25, 0.3) is 0 Å². The van der Waals surface area contributed by atoms with Gasteiger partial charge < -0.3 is 10.2 Å². The van der Waals surface area contributed by atoms with Crippen molar-refractivity contribution in [3.63, 3.8) is 0 Å². The number of nitrogens with one attached hydrogen (secondary N) is 1.